The van der Waals surface area contributed by atoms with E-state index in [4.69, 9.17) is 11.6 Å². The Kier molecular flexibility index (Phi) is 10.5. The molecule has 1 atom stereocenters. The van der Waals surface area contributed by atoms with Crippen LogP contribution in [0.2, 0.25) is 5.02 Å². The molecule has 5 aromatic carbocycles. The largest absolute Gasteiger partial charge is 0.323 e. The average molecular weight is 632 g/mol. The molecule has 8 heteroatoms. The highest BCUT2D eigenvalue weighted by molar-refractivity contribution is 8.00. The molecule has 1 unspecified atom stereocenters. The molecular formula is C37H30ClN3O3S. The Hall–Kier alpha value is -5.11. The number of carbonyl (C=O) groups is 3. The van der Waals surface area contributed by atoms with E-state index in [1.165, 1.54) is 11.8 Å². The highest BCUT2D eigenvalue weighted by Crippen LogP contribution is 2.37. The highest BCUT2D eigenvalue weighted by Gasteiger charge is 2.23. The summed E-state index contributed by atoms with van der Waals surface area (Å²) in [6.07, 6.45) is 1.64. The number of rotatable bonds is 10. The maximum Gasteiger partial charge on any atom is 0.272 e. The van der Waals surface area contributed by atoms with E-state index in [-0.39, 0.29) is 11.6 Å². The van der Waals surface area contributed by atoms with Crippen molar-refractivity contribution < 1.29 is 14.4 Å². The van der Waals surface area contributed by atoms with Crippen molar-refractivity contribution in [2.75, 3.05) is 10.6 Å². The van der Waals surface area contributed by atoms with E-state index in [2.05, 4.69) is 16.0 Å². The summed E-state index contributed by atoms with van der Waals surface area (Å²) in [6, 6.07) is 40.1. The molecule has 0 aliphatic heterocycles. The van der Waals surface area contributed by atoms with Crippen molar-refractivity contribution in [3.8, 4) is 0 Å². The van der Waals surface area contributed by atoms with Gasteiger partial charge in [-0.05, 0) is 66.6 Å². The van der Waals surface area contributed by atoms with Crippen molar-refractivity contribution in [1.82, 2.24) is 5.32 Å². The lowest BCUT2D eigenvalue weighted by Gasteiger charge is -2.18. The zero-order valence-electron chi connectivity index (χ0n) is 24.4. The van der Waals surface area contributed by atoms with Gasteiger partial charge in [0.05, 0.1) is 10.7 Å². The zero-order valence-corrected chi connectivity index (χ0v) is 25.9. The van der Waals surface area contributed by atoms with Crippen LogP contribution in [0.5, 0.6) is 0 Å². The number of aryl methyl sites for hydroxylation is 1. The summed E-state index contributed by atoms with van der Waals surface area (Å²) in [4.78, 5) is 40.9. The van der Waals surface area contributed by atoms with Gasteiger partial charge in [-0.25, -0.2) is 0 Å². The zero-order chi connectivity index (χ0) is 31.6. The fourth-order valence-corrected chi connectivity index (χ4v) is 5.68. The van der Waals surface area contributed by atoms with Gasteiger partial charge in [0.1, 0.15) is 10.9 Å². The van der Waals surface area contributed by atoms with Crippen LogP contribution in [0.4, 0.5) is 11.4 Å². The Morgan fingerprint density at radius 3 is 2.11 bits per heavy atom. The molecule has 0 saturated heterocycles. The monoisotopic (exact) mass is 631 g/mol. The Bertz CT molecular complexity index is 1830. The van der Waals surface area contributed by atoms with E-state index in [0.29, 0.717) is 22.0 Å². The summed E-state index contributed by atoms with van der Waals surface area (Å²) < 4.78 is 0. The fourth-order valence-electron chi connectivity index (χ4n) is 4.42. The van der Waals surface area contributed by atoms with Crippen molar-refractivity contribution in [2.45, 2.75) is 17.1 Å². The normalized spacial score (nSPS) is 11.7. The molecule has 0 aliphatic carbocycles. The molecule has 45 heavy (non-hydrogen) atoms. The lowest BCUT2D eigenvalue weighted by molar-refractivity contribution is -0.116. The van der Waals surface area contributed by atoms with Gasteiger partial charge in [-0.2, -0.15) is 0 Å². The van der Waals surface area contributed by atoms with Crippen LogP contribution in [0.25, 0.3) is 6.08 Å². The molecule has 5 aromatic rings. The number of benzene rings is 5. The van der Waals surface area contributed by atoms with Crippen LogP contribution in [-0.2, 0) is 9.59 Å². The van der Waals surface area contributed by atoms with Crippen LogP contribution in [-0.4, -0.2) is 17.7 Å². The number of thioether (sulfide) groups is 1. The van der Waals surface area contributed by atoms with Crippen molar-refractivity contribution in [3.05, 3.63) is 166 Å². The molecule has 5 rings (SSSR count). The minimum Gasteiger partial charge on any atom is -0.323 e. The molecule has 0 radical (unpaired) electrons. The fraction of sp³-hybridized carbons (Fsp3) is 0.0541. The van der Waals surface area contributed by atoms with E-state index in [1.807, 2.05) is 79.7 Å². The summed E-state index contributed by atoms with van der Waals surface area (Å²) in [6.45, 7) is 1.98. The van der Waals surface area contributed by atoms with E-state index < -0.39 is 17.1 Å². The van der Waals surface area contributed by atoms with Crippen molar-refractivity contribution in [1.29, 1.82) is 0 Å². The summed E-state index contributed by atoms with van der Waals surface area (Å²) in [5.41, 5.74) is 4.21. The molecule has 6 nitrogen and oxygen atoms in total. The van der Waals surface area contributed by atoms with Gasteiger partial charge in [0.25, 0.3) is 11.8 Å². The third kappa shape index (κ3) is 8.72. The summed E-state index contributed by atoms with van der Waals surface area (Å²) >= 11 is 7.65. The Morgan fingerprint density at radius 1 is 0.733 bits per heavy atom. The number of para-hydroxylation sites is 1. The number of nitrogens with one attached hydrogen (secondary N) is 3. The number of hydrogen-bond acceptors (Lipinski definition) is 4. The molecule has 0 saturated carbocycles. The molecule has 224 valence electrons. The minimum atomic E-state index is -0.601. The van der Waals surface area contributed by atoms with E-state index in [0.717, 1.165) is 21.6 Å². The standard InChI is InChI=1S/C37H30ClN3O3S/c1-25-19-21-26(22-20-25)23-33(41-35(42)28-13-6-3-7-14-28)36(43)39-29-15-10-16-30(24-29)45-34(27-11-4-2-5-12-27)37(44)40-32-18-9-8-17-31(32)38/h2-24,34H,1H3,(H,39,43)(H,40,44)(H,41,42)/b33-23-. The SMILES string of the molecule is Cc1ccc(/C=C(\NC(=O)c2ccccc2)C(=O)Nc2cccc(SC(C(=O)Nc3ccccc3Cl)c3ccccc3)c2)cc1. The highest BCUT2D eigenvalue weighted by atomic mass is 35.5. The Labute approximate surface area is 271 Å². The van der Waals surface area contributed by atoms with Gasteiger partial charge < -0.3 is 16.0 Å². The second-order valence-electron chi connectivity index (χ2n) is 10.1. The molecule has 0 bridgehead atoms. The van der Waals surface area contributed by atoms with E-state index in [1.54, 1.807) is 66.7 Å². The van der Waals surface area contributed by atoms with Crippen LogP contribution < -0.4 is 16.0 Å². The Balaban J connectivity index is 1.37. The van der Waals surface area contributed by atoms with Gasteiger partial charge >= 0.3 is 0 Å². The topological polar surface area (TPSA) is 87.3 Å². The maximum absolute atomic E-state index is 13.6. The number of hydrogen-bond donors (Lipinski definition) is 3. The quantitative estimate of drug-likeness (QED) is 0.106. The van der Waals surface area contributed by atoms with Gasteiger partial charge in [-0.1, -0.05) is 108 Å². The number of halogens is 1. The minimum absolute atomic E-state index is 0.0899. The molecule has 0 spiro atoms. The Morgan fingerprint density at radius 2 is 1.40 bits per heavy atom. The maximum atomic E-state index is 13.6. The van der Waals surface area contributed by atoms with Crippen LogP contribution in [0.1, 0.15) is 32.3 Å². The first-order valence-electron chi connectivity index (χ1n) is 14.2. The molecule has 0 aromatic heterocycles. The first kappa shape index (κ1) is 31.3. The van der Waals surface area contributed by atoms with Crippen LogP contribution in [0.15, 0.2) is 144 Å². The van der Waals surface area contributed by atoms with Gasteiger partial charge in [0, 0.05) is 16.1 Å². The summed E-state index contributed by atoms with van der Waals surface area (Å²) in [7, 11) is 0. The van der Waals surface area contributed by atoms with Crippen molar-refractivity contribution in [3.63, 3.8) is 0 Å². The summed E-state index contributed by atoms with van der Waals surface area (Å²) in [5.74, 6) is -1.12. The molecule has 0 heterocycles. The van der Waals surface area contributed by atoms with Gasteiger partial charge in [-0.3, -0.25) is 14.4 Å². The first-order valence-corrected chi connectivity index (χ1v) is 15.4. The van der Waals surface area contributed by atoms with Crippen LogP contribution >= 0.6 is 23.4 Å². The average Bonchev–Trinajstić information content (AvgIpc) is 3.06. The van der Waals surface area contributed by atoms with E-state index in [9.17, 15) is 14.4 Å². The number of carbonyl (C=O) groups excluding carboxylic acids is 3. The smallest absolute Gasteiger partial charge is 0.272 e. The van der Waals surface area contributed by atoms with Gasteiger partial charge in [-0.15, -0.1) is 11.8 Å². The van der Waals surface area contributed by atoms with Crippen molar-refractivity contribution >= 4 is 58.5 Å². The second-order valence-corrected chi connectivity index (χ2v) is 11.7. The number of anilines is 2. The molecular weight excluding hydrogens is 602 g/mol. The second kappa shape index (κ2) is 15.1. The van der Waals surface area contributed by atoms with Crippen LogP contribution in [0.3, 0.4) is 0 Å². The van der Waals surface area contributed by atoms with Crippen molar-refractivity contribution in [2.24, 2.45) is 0 Å². The van der Waals surface area contributed by atoms with Gasteiger partial charge in [0.2, 0.25) is 5.91 Å². The summed E-state index contributed by atoms with van der Waals surface area (Å²) in [5, 5.41) is 8.46. The molecule has 3 amide bonds. The van der Waals surface area contributed by atoms with E-state index >= 15 is 0 Å². The molecule has 0 aliphatic rings. The third-order valence-electron chi connectivity index (χ3n) is 6.74. The lowest BCUT2D eigenvalue weighted by atomic mass is 10.1. The van der Waals surface area contributed by atoms with Crippen LogP contribution in [0, 0.1) is 6.92 Å². The predicted molar refractivity (Wildman–Crippen MR) is 183 cm³/mol. The molecule has 0 fully saturated rings. The van der Waals surface area contributed by atoms with Gasteiger partial charge in [0.15, 0.2) is 0 Å². The molecule has 3 N–H and O–H groups in total. The third-order valence-corrected chi connectivity index (χ3v) is 8.31. The number of amides is 3. The predicted octanol–water partition coefficient (Wildman–Crippen LogP) is 8.53. The lowest BCUT2D eigenvalue weighted by Crippen LogP contribution is -2.30. The first-order chi connectivity index (χ1) is 21.9.